The maximum absolute atomic E-state index is 12.2. The molecule has 0 bridgehead atoms. The highest BCUT2D eigenvalue weighted by Gasteiger charge is 2.14. The minimum Gasteiger partial charge on any atom is -0.344 e. The van der Waals surface area contributed by atoms with Gasteiger partial charge < -0.3 is 16.4 Å². The Morgan fingerprint density at radius 2 is 1.56 bits per heavy atom. The van der Waals surface area contributed by atoms with E-state index in [1.54, 1.807) is 6.07 Å². The van der Waals surface area contributed by atoms with Crippen molar-refractivity contribution in [3.8, 4) is 0 Å². The fourth-order valence-electron chi connectivity index (χ4n) is 2.64. The average molecular weight is 333 g/mol. The van der Waals surface area contributed by atoms with Crippen LogP contribution in [0.1, 0.15) is 11.1 Å². The van der Waals surface area contributed by atoms with Crippen LogP contribution in [0.25, 0.3) is 10.8 Å². The van der Waals surface area contributed by atoms with Crippen LogP contribution in [-0.2, 0) is 22.7 Å². The number of benzene rings is 3. The molecule has 0 fully saturated rings. The number of carbonyl (C=O) groups excluding carboxylic acids is 2. The van der Waals surface area contributed by atoms with Gasteiger partial charge in [-0.15, -0.1) is 0 Å². The molecule has 0 heterocycles. The highest BCUT2D eigenvalue weighted by molar-refractivity contribution is 6.40. The molecule has 3 aromatic carbocycles. The van der Waals surface area contributed by atoms with Gasteiger partial charge in [-0.1, -0.05) is 60.7 Å². The van der Waals surface area contributed by atoms with Gasteiger partial charge in [0.2, 0.25) is 0 Å². The maximum atomic E-state index is 12.2. The maximum Gasteiger partial charge on any atom is 0.313 e. The molecular weight excluding hydrogens is 314 g/mol. The van der Waals surface area contributed by atoms with E-state index in [-0.39, 0.29) is 6.54 Å². The van der Waals surface area contributed by atoms with Crippen LogP contribution < -0.4 is 16.4 Å². The predicted molar refractivity (Wildman–Crippen MR) is 98.8 cm³/mol. The SMILES string of the molecule is NCc1cccc(CNC(=O)C(=O)Nc2cccc3ccccc23)c1. The number of amides is 2. The number of anilines is 1. The summed E-state index contributed by atoms with van der Waals surface area (Å²) in [6.45, 7) is 0.707. The lowest BCUT2D eigenvalue weighted by molar-refractivity contribution is -0.136. The normalized spacial score (nSPS) is 10.4. The molecule has 0 saturated heterocycles. The number of fused-ring (bicyclic) bond motifs is 1. The van der Waals surface area contributed by atoms with Crippen molar-refractivity contribution in [2.24, 2.45) is 5.73 Å². The molecule has 0 saturated carbocycles. The van der Waals surface area contributed by atoms with Crippen LogP contribution in [0.4, 0.5) is 5.69 Å². The summed E-state index contributed by atoms with van der Waals surface area (Å²) in [5, 5.41) is 7.19. The molecule has 126 valence electrons. The van der Waals surface area contributed by atoms with Crippen molar-refractivity contribution < 1.29 is 9.59 Å². The van der Waals surface area contributed by atoms with Gasteiger partial charge in [0.25, 0.3) is 0 Å². The number of hydrogen-bond acceptors (Lipinski definition) is 3. The van der Waals surface area contributed by atoms with Crippen LogP contribution in [0, 0.1) is 0 Å². The summed E-state index contributed by atoms with van der Waals surface area (Å²) < 4.78 is 0. The molecule has 2 amide bonds. The van der Waals surface area contributed by atoms with Gasteiger partial charge in [-0.2, -0.15) is 0 Å². The standard InChI is InChI=1S/C20H19N3O2/c21-12-14-5-3-6-15(11-14)13-22-19(24)20(25)23-18-10-4-8-16-7-1-2-9-17(16)18/h1-11H,12-13,21H2,(H,22,24)(H,23,25). The van der Waals surface area contributed by atoms with Gasteiger partial charge in [-0.25, -0.2) is 0 Å². The van der Waals surface area contributed by atoms with E-state index in [9.17, 15) is 9.59 Å². The van der Waals surface area contributed by atoms with E-state index in [4.69, 9.17) is 5.73 Å². The number of rotatable bonds is 4. The summed E-state index contributed by atoms with van der Waals surface area (Å²) in [6, 6.07) is 20.8. The lowest BCUT2D eigenvalue weighted by Gasteiger charge is -2.09. The van der Waals surface area contributed by atoms with E-state index in [1.807, 2.05) is 60.7 Å². The number of carbonyl (C=O) groups is 2. The van der Waals surface area contributed by atoms with Gasteiger partial charge in [0.05, 0.1) is 0 Å². The van der Waals surface area contributed by atoms with Crippen molar-refractivity contribution in [1.82, 2.24) is 5.32 Å². The zero-order valence-electron chi connectivity index (χ0n) is 13.7. The second-order valence-corrected chi connectivity index (χ2v) is 5.69. The summed E-state index contributed by atoms with van der Waals surface area (Å²) in [7, 11) is 0. The van der Waals surface area contributed by atoms with Crippen LogP contribution in [0.5, 0.6) is 0 Å². The fraction of sp³-hybridized carbons (Fsp3) is 0.100. The third kappa shape index (κ3) is 4.02. The number of hydrogen-bond donors (Lipinski definition) is 3. The highest BCUT2D eigenvalue weighted by atomic mass is 16.2. The molecule has 0 aliphatic rings. The third-order valence-electron chi connectivity index (χ3n) is 3.92. The minimum absolute atomic E-state index is 0.273. The fourth-order valence-corrected chi connectivity index (χ4v) is 2.64. The first-order valence-electron chi connectivity index (χ1n) is 8.02. The summed E-state index contributed by atoms with van der Waals surface area (Å²) in [4.78, 5) is 24.2. The minimum atomic E-state index is -0.689. The molecular formula is C20H19N3O2. The Balaban J connectivity index is 1.65. The van der Waals surface area contributed by atoms with Crippen LogP contribution in [-0.4, -0.2) is 11.8 Å². The average Bonchev–Trinajstić information content (AvgIpc) is 2.66. The van der Waals surface area contributed by atoms with E-state index >= 15 is 0 Å². The molecule has 5 heteroatoms. The number of nitrogens with two attached hydrogens (primary N) is 1. The van der Waals surface area contributed by atoms with E-state index in [0.29, 0.717) is 12.2 Å². The van der Waals surface area contributed by atoms with E-state index in [1.165, 1.54) is 0 Å². The number of nitrogens with one attached hydrogen (secondary N) is 2. The highest BCUT2D eigenvalue weighted by Crippen LogP contribution is 2.22. The molecule has 0 atom stereocenters. The first-order valence-corrected chi connectivity index (χ1v) is 8.02. The van der Waals surface area contributed by atoms with Crippen molar-refractivity contribution >= 4 is 28.3 Å². The summed E-state index contributed by atoms with van der Waals surface area (Å²) >= 11 is 0. The molecule has 4 N–H and O–H groups in total. The van der Waals surface area contributed by atoms with E-state index < -0.39 is 11.8 Å². The smallest absolute Gasteiger partial charge is 0.313 e. The van der Waals surface area contributed by atoms with Gasteiger partial charge in [0.15, 0.2) is 0 Å². The molecule has 3 rings (SSSR count). The Bertz CT molecular complexity index is 916. The van der Waals surface area contributed by atoms with Gasteiger partial charge in [0, 0.05) is 24.2 Å². The van der Waals surface area contributed by atoms with Crippen LogP contribution in [0.2, 0.25) is 0 Å². The Morgan fingerprint density at radius 3 is 2.40 bits per heavy atom. The van der Waals surface area contributed by atoms with Crippen molar-refractivity contribution in [1.29, 1.82) is 0 Å². The molecule has 0 spiro atoms. The molecule has 0 radical (unpaired) electrons. The summed E-state index contributed by atoms with van der Waals surface area (Å²) in [5.74, 6) is -1.36. The first kappa shape index (κ1) is 16.7. The van der Waals surface area contributed by atoms with Crippen molar-refractivity contribution in [3.63, 3.8) is 0 Å². The van der Waals surface area contributed by atoms with Crippen LogP contribution in [0.15, 0.2) is 66.7 Å². The molecule has 0 aliphatic heterocycles. The quantitative estimate of drug-likeness (QED) is 0.642. The second-order valence-electron chi connectivity index (χ2n) is 5.69. The first-order chi connectivity index (χ1) is 12.2. The van der Waals surface area contributed by atoms with Crippen molar-refractivity contribution in [2.45, 2.75) is 13.1 Å². The lowest BCUT2D eigenvalue weighted by Crippen LogP contribution is -2.35. The van der Waals surface area contributed by atoms with Crippen molar-refractivity contribution in [2.75, 3.05) is 5.32 Å². The zero-order valence-corrected chi connectivity index (χ0v) is 13.7. The van der Waals surface area contributed by atoms with Crippen LogP contribution >= 0.6 is 0 Å². The monoisotopic (exact) mass is 333 g/mol. The second kappa shape index (κ2) is 7.59. The Morgan fingerprint density at radius 1 is 0.840 bits per heavy atom. The summed E-state index contributed by atoms with van der Waals surface area (Å²) in [6.07, 6.45) is 0. The molecule has 0 aliphatic carbocycles. The lowest BCUT2D eigenvalue weighted by atomic mass is 10.1. The molecule has 3 aromatic rings. The Hall–Kier alpha value is -3.18. The predicted octanol–water partition coefficient (Wildman–Crippen LogP) is 2.55. The van der Waals surface area contributed by atoms with Gasteiger partial charge in [-0.3, -0.25) is 9.59 Å². The largest absolute Gasteiger partial charge is 0.344 e. The van der Waals surface area contributed by atoms with Crippen LogP contribution in [0.3, 0.4) is 0 Å². The van der Waals surface area contributed by atoms with E-state index in [2.05, 4.69) is 10.6 Å². The van der Waals surface area contributed by atoms with Gasteiger partial charge >= 0.3 is 11.8 Å². The summed E-state index contributed by atoms with van der Waals surface area (Å²) in [5.41, 5.74) is 8.09. The Kier molecular flexibility index (Phi) is 5.06. The zero-order chi connectivity index (χ0) is 17.6. The van der Waals surface area contributed by atoms with Gasteiger partial charge in [-0.05, 0) is 22.6 Å². The van der Waals surface area contributed by atoms with E-state index in [0.717, 1.165) is 21.9 Å². The van der Waals surface area contributed by atoms with Gasteiger partial charge in [0.1, 0.15) is 0 Å². The third-order valence-corrected chi connectivity index (χ3v) is 3.92. The Labute approximate surface area is 145 Å². The van der Waals surface area contributed by atoms with Crippen molar-refractivity contribution in [3.05, 3.63) is 77.9 Å². The molecule has 0 aromatic heterocycles. The topological polar surface area (TPSA) is 84.2 Å². The molecule has 5 nitrogen and oxygen atoms in total. The molecule has 25 heavy (non-hydrogen) atoms. The molecule has 0 unspecified atom stereocenters.